The normalized spacial score (nSPS) is 14.2. The van der Waals surface area contributed by atoms with Gasteiger partial charge in [-0.3, -0.25) is 4.99 Å². The highest BCUT2D eigenvalue weighted by Gasteiger charge is 1.88. The minimum atomic E-state index is 1.10. The summed E-state index contributed by atoms with van der Waals surface area (Å²) < 4.78 is 1.80. The number of hydrogen-bond donors (Lipinski definition) is 0. The van der Waals surface area contributed by atoms with Gasteiger partial charge in [0.1, 0.15) is 0 Å². The van der Waals surface area contributed by atoms with Crippen molar-refractivity contribution in [1.82, 2.24) is 0 Å². The van der Waals surface area contributed by atoms with Gasteiger partial charge in [0.15, 0.2) is 0 Å². The Kier molecular flexibility index (Phi) is 5.04. The van der Waals surface area contributed by atoms with Crippen LogP contribution in [0, 0.1) is 0 Å². The van der Waals surface area contributed by atoms with Crippen molar-refractivity contribution in [3.8, 4) is 0 Å². The van der Waals surface area contributed by atoms with E-state index < -0.39 is 0 Å². The Labute approximate surface area is 70.4 Å². The first-order valence-corrected chi connectivity index (χ1v) is 4.26. The molecule has 0 heterocycles. The lowest BCUT2D eigenvalue weighted by Crippen LogP contribution is -1.77. The molecule has 0 unspecified atom stereocenters. The maximum atomic E-state index is 4.14. The van der Waals surface area contributed by atoms with Gasteiger partial charge >= 0.3 is 0 Å². The molecule has 1 nitrogen and oxygen atoms in total. The molecule has 0 aliphatic heterocycles. The number of rotatable bonds is 2. The second-order valence-corrected chi connectivity index (χ2v) is 2.50. The highest BCUT2D eigenvalue weighted by molar-refractivity contribution is 14.1. The van der Waals surface area contributed by atoms with Crippen LogP contribution in [0.15, 0.2) is 16.3 Å². The van der Waals surface area contributed by atoms with Gasteiger partial charge in [0, 0.05) is 5.70 Å². The van der Waals surface area contributed by atoms with Crippen molar-refractivity contribution >= 4 is 26.8 Å². The maximum Gasteiger partial charge on any atom is 0.0654 e. The Balaban J connectivity index is 4.10. The molecular weight excluding hydrogens is 225 g/mol. The predicted molar refractivity (Wildman–Crippen MR) is 51.2 cm³/mol. The third kappa shape index (κ3) is 3.67. The van der Waals surface area contributed by atoms with Gasteiger partial charge in [-0.05, 0) is 42.9 Å². The van der Waals surface area contributed by atoms with E-state index in [2.05, 4.69) is 41.4 Å². The van der Waals surface area contributed by atoms with Crippen molar-refractivity contribution in [3.63, 3.8) is 0 Å². The Morgan fingerprint density at radius 3 is 2.44 bits per heavy atom. The lowest BCUT2D eigenvalue weighted by Gasteiger charge is -1.96. The van der Waals surface area contributed by atoms with Crippen molar-refractivity contribution in [1.29, 1.82) is 0 Å². The third-order valence-corrected chi connectivity index (χ3v) is 1.67. The minimum Gasteiger partial charge on any atom is -0.255 e. The van der Waals surface area contributed by atoms with E-state index >= 15 is 0 Å². The van der Waals surface area contributed by atoms with Crippen LogP contribution in [0.3, 0.4) is 0 Å². The lowest BCUT2D eigenvalue weighted by atomic mass is 10.2. The van der Waals surface area contributed by atoms with Gasteiger partial charge in [0.25, 0.3) is 0 Å². The molecule has 0 aromatic heterocycles. The lowest BCUT2D eigenvalue weighted by molar-refractivity contribution is 1.04. The maximum absolute atomic E-state index is 4.14. The van der Waals surface area contributed by atoms with E-state index in [-0.39, 0.29) is 0 Å². The van der Waals surface area contributed by atoms with Gasteiger partial charge in [0.2, 0.25) is 0 Å². The molecule has 0 aromatic rings. The zero-order chi connectivity index (χ0) is 7.28. The molecule has 0 amide bonds. The van der Waals surface area contributed by atoms with Gasteiger partial charge in [-0.25, -0.2) is 0 Å². The van der Waals surface area contributed by atoms with Gasteiger partial charge in [-0.1, -0.05) is 12.5 Å². The molecule has 0 atom stereocenters. The first kappa shape index (κ1) is 9.14. The Hall–Kier alpha value is 0.140. The summed E-state index contributed by atoms with van der Waals surface area (Å²) in [6, 6.07) is 0. The fourth-order valence-electron chi connectivity index (χ4n) is 0.439. The molecule has 0 aliphatic carbocycles. The van der Waals surface area contributed by atoms with E-state index in [1.54, 1.807) is 4.22 Å². The van der Waals surface area contributed by atoms with Crippen molar-refractivity contribution in [2.45, 2.75) is 27.2 Å². The Morgan fingerprint density at radius 1 is 1.56 bits per heavy atom. The van der Waals surface area contributed by atoms with E-state index in [1.165, 1.54) is 5.57 Å². The van der Waals surface area contributed by atoms with Crippen molar-refractivity contribution < 1.29 is 0 Å². The highest BCUT2D eigenvalue weighted by Crippen LogP contribution is 2.07. The summed E-state index contributed by atoms with van der Waals surface area (Å²) in [4.78, 5) is 4.14. The molecule has 2 heteroatoms. The van der Waals surface area contributed by atoms with Crippen molar-refractivity contribution in [3.05, 3.63) is 11.3 Å². The summed E-state index contributed by atoms with van der Waals surface area (Å²) in [5.74, 6) is 0. The van der Waals surface area contributed by atoms with Crippen LogP contribution in [0.4, 0.5) is 0 Å². The molecule has 0 N–H and O–H groups in total. The SMILES string of the molecule is CC/C(C)=C(/C)N=CI. The van der Waals surface area contributed by atoms with Crippen LogP contribution in [0.5, 0.6) is 0 Å². The zero-order valence-electron chi connectivity index (χ0n) is 6.11. The van der Waals surface area contributed by atoms with E-state index in [9.17, 15) is 0 Å². The second-order valence-electron chi connectivity index (χ2n) is 1.95. The molecule has 0 saturated heterocycles. The van der Waals surface area contributed by atoms with Gasteiger partial charge in [-0.2, -0.15) is 0 Å². The summed E-state index contributed by atoms with van der Waals surface area (Å²) >= 11 is 2.13. The fourth-order valence-corrected chi connectivity index (χ4v) is 0.857. The third-order valence-electron chi connectivity index (χ3n) is 1.39. The van der Waals surface area contributed by atoms with E-state index in [4.69, 9.17) is 0 Å². The van der Waals surface area contributed by atoms with Crippen LogP contribution >= 0.6 is 22.6 Å². The van der Waals surface area contributed by atoms with Gasteiger partial charge < -0.3 is 0 Å². The number of hydrogen-bond acceptors (Lipinski definition) is 1. The molecule has 0 radical (unpaired) electrons. The highest BCUT2D eigenvalue weighted by atomic mass is 127. The molecule has 0 aliphatic rings. The molecule has 0 fully saturated rings. The van der Waals surface area contributed by atoms with Crippen LogP contribution in [-0.2, 0) is 0 Å². The molecule has 0 aromatic carbocycles. The van der Waals surface area contributed by atoms with Gasteiger partial charge in [0.05, 0.1) is 4.22 Å². The largest absolute Gasteiger partial charge is 0.255 e. The van der Waals surface area contributed by atoms with E-state index in [1.807, 2.05) is 6.92 Å². The minimum absolute atomic E-state index is 1.10. The summed E-state index contributed by atoms with van der Waals surface area (Å²) in [7, 11) is 0. The molecule has 0 rings (SSSR count). The molecular formula is C7H12IN. The average molecular weight is 237 g/mol. The fraction of sp³-hybridized carbons (Fsp3) is 0.571. The van der Waals surface area contributed by atoms with Crippen LogP contribution in [-0.4, -0.2) is 4.22 Å². The monoisotopic (exact) mass is 237 g/mol. The van der Waals surface area contributed by atoms with Crippen molar-refractivity contribution in [2.75, 3.05) is 0 Å². The van der Waals surface area contributed by atoms with Crippen molar-refractivity contribution in [2.24, 2.45) is 4.99 Å². The van der Waals surface area contributed by atoms with E-state index in [0.29, 0.717) is 0 Å². The second kappa shape index (κ2) is 4.97. The Morgan fingerprint density at radius 2 is 2.11 bits per heavy atom. The molecule has 52 valence electrons. The smallest absolute Gasteiger partial charge is 0.0654 e. The summed E-state index contributed by atoms with van der Waals surface area (Å²) in [6.07, 6.45) is 1.10. The number of halogens is 1. The van der Waals surface area contributed by atoms with E-state index in [0.717, 1.165) is 12.1 Å². The first-order valence-electron chi connectivity index (χ1n) is 3.01. The van der Waals surface area contributed by atoms with Crippen LogP contribution in [0.2, 0.25) is 0 Å². The number of nitrogens with zero attached hydrogens (tertiary/aromatic N) is 1. The first-order chi connectivity index (χ1) is 4.22. The average Bonchev–Trinajstić information content (AvgIpc) is 1.87. The molecule has 9 heavy (non-hydrogen) atoms. The molecule has 0 saturated carbocycles. The molecule has 0 bridgehead atoms. The van der Waals surface area contributed by atoms with Crippen LogP contribution in [0.1, 0.15) is 27.2 Å². The van der Waals surface area contributed by atoms with Gasteiger partial charge in [-0.15, -0.1) is 0 Å². The van der Waals surface area contributed by atoms with Crippen LogP contribution < -0.4 is 0 Å². The summed E-state index contributed by atoms with van der Waals surface area (Å²) in [6.45, 7) is 6.29. The standard InChI is InChI=1S/C7H12IN/c1-4-6(2)7(3)9-5-8/h5H,4H2,1-3H3/b7-6-,9-5?. The topological polar surface area (TPSA) is 12.4 Å². The molecule has 0 spiro atoms. The quantitative estimate of drug-likeness (QED) is 0.516. The number of allylic oxidation sites excluding steroid dienone is 2. The summed E-state index contributed by atoms with van der Waals surface area (Å²) in [5, 5.41) is 0. The Bertz CT molecular complexity index is 136. The zero-order valence-corrected chi connectivity index (χ0v) is 8.27. The summed E-state index contributed by atoms with van der Waals surface area (Å²) in [5.41, 5.74) is 2.51. The van der Waals surface area contributed by atoms with Crippen LogP contribution in [0.25, 0.3) is 0 Å². The predicted octanol–water partition coefficient (Wildman–Crippen LogP) is 3.15. The number of aliphatic imine (C=N–C) groups is 1.